The second-order valence-corrected chi connectivity index (χ2v) is 7.26. The summed E-state index contributed by atoms with van der Waals surface area (Å²) in [6, 6.07) is 30.5. The molecule has 136 valence electrons. The summed E-state index contributed by atoms with van der Waals surface area (Å²) in [5.74, 6) is -0.108. The Morgan fingerprint density at radius 1 is 0.536 bits per heavy atom. The summed E-state index contributed by atoms with van der Waals surface area (Å²) >= 11 is 12.9. The third-order valence-electron chi connectivity index (χ3n) is 4.63. The molecule has 0 saturated carbocycles. The number of rotatable bonds is 4. The van der Waals surface area contributed by atoms with Gasteiger partial charge >= 0.3 is 0 Å². The maximum absolute atomic E-state index is 12.9. The van der Waals surface area contributed by atoms with Crippen molar-refractivity contribution < 1.29 is 4.79 Å². The normalized spacial score (nSPS) is 10.6. The maximum atomic E-state index is 12.9. The first-order valence-corrected chi connectivity index (χ1v) is 9.64. The highest BCUT2D eigenvalue weighted by molar-refractivity contribution is 6.34. The molecule has 0 aliphatic rings. The Morgan fingerprint density at radius 2 is 0.929 bits per heavy atom. The van der Waals surface area contributed by atoms with Crippen molar-refractivity contribution in [2.24, 2.45) is 0 Å². The molecule has 0 saturated heterocycles. The van der Waals surface area contributed by atoms with Crippen molar-refractivity contribution >= 4 is 29.0 Å². The number of ketones is 1. The lowest BCUT2D eigenvalue weighted by atomic mass is 9.97. The average molecular weight is 403 g/mol. The minimum absolute atomic E-state index is 0.108. The van der Waals surface area contributed by atoms with Gasteiger partial charge < -0.3 is 0 Å². The molecule has 0 aliphatic carbocycles. The molecule has 0 unspecified atom stereocenters. The van der Waals surface area contributed by atoms with Crippen LogP contribution < -0.4 is 0 Å². The van der Waals surface area contributed by atoms with Gasteiger partial charge in [0.2, 0.25) is 0 Å². The maximum Gasteiger partial charge on any atom is 0.193 e. The molecule has 28 heavy (non-hydrogen) atoms. The first-order chi connectivity index (χ1) is 13.6. The van der Waals surface area contributed by atoms with Crippen LogP contribution in [0.15, 0.2) is 97.1 Å². The van der Waals surface area contributed by atoms with E-state index in [2.05, 4.69) is 0 Å². The second kappa shape index (κ2) is 8.02. The second-order valence-electron chi connectivity index (χ2n) is 6.45. The SMILES string of the molecule is O=C(c1ccc(-c2ccccc2)c(Cl)c1)c1ccc(-c2ccccc2)c(Cl)c1. The molecule has 0 fully saturated rings. The van der Waals surface area contributed by atoms with E-state index in [4.69, 9.17) is 23.2 Å². The molecule has 0 amide bonds. The standard InChI is InChI=1S/C25H16Cl2O/c26-23-15-19(11-13-21(23)17-7-3-1-4-8-17)25(28)20-12-14-22(24(27)16-20)18-9-5-2-6-10-18/h1-16H. The Kier molecular flexibility index (Phi) is 5.29. The molecule has 0 aliphatic heterocycles. The van der Waals surface area contributed by atoms with E-state index in [1.54, 1.807) is 24.3 Å². The first-order valence-electron chi connectivity index (χ1n) is 8.88. The van der Waals surface area contributed by atoms with Gasteiger partial charge in [-0.2, -0.15) is 0 Å². The van der Waals surface area contributed by atoms with Crippen LogP contribution in [0.25, 0.3) is 22.3 Å². The summed E-state index contributed by atoms with van der Waals surface area (Å²) in [7, 11) is 0. The number of hydrogen-bond acceptors (Lipinski definition) is 1. The molecule has 0 bridgehead atoms. The molecule has 1 nitrogen and oxygen atoms in total. The van der Waals surface area contributed by atoms with E-state index in [0.29, 0.717) is 21.2 Å². The zero-order valence-electron chi connectivity index (χ0n) is 14.9. The van der Waals surface area contributed by atoms with Crippen LogP contribution in [0.3, 0.4) is 0 Å². The van der Waals surface area contributed by atoms with Gasteiger partial charge in [0, 0.05) is 32.3 Å². The average Bonchev–Trinajstić information content (AvgIpc) is 2.74. The molecule has 0 atom stereocenters. The van der Waals surface area contributed by atoms with Gasteiger partial charge in [-0.3, -0.25) is 4.79 Å². The molecule has 0 N–H and O–H groups in total. The van der Waals surface area contributed by atoms with Crippen LogP contribution in [-0.2, 0) is 0 Å². The predicted octanol–water partition coefficient (Wildman–Crippen LogP) is 7.56. The topological polar surface area (TPSA) is 17.1 Å². The van der Waals surface area contributed by atoms with Crippen molar-refractivity contribution in [3.8, 4) is 22.3 Å². The zero-order chi connectivity index (χ0) is 19.5. The fraction of sp³-hybridized carbons (Fsp3) is 0. The molecule has 0 spiro atoms. The Bertz CT molecular complexity index is 1040. The molecule has 0 aromatic heterocycles. The van der Waals surface area contributed by atoms with Crippen LogP contribution in [0.5, 0.6) is 0 Å². The fourth-order valence-electron chi connectivity index (χ4n) is 3.18. The van der Waals surface area contributed by atoms with Crippen LogP contribution >= 0.6 is 23.2 Å². The summed E-state index contributed by atoms with van der Waals surface area (Å²) in [5.41, 5.74) is 4.90. The highest BCUT2D eigenvalue weighted by atomic mass is 35.5. The van der Waals surface area contributed by atoms with Crippen molar-refractivity contribution in [3.63, 3.8) is 0 Å². The Morgan fingerprint density at radius 3 is 1.29 bits per heavy atom. The highest BCUT2D eigenvalue weighted by Crippen LogP contribution is 2.31. The Labute approximate surface area is 174 Å². The van der Waals surface area contributed by atoms with Crippen molar-refractivity contribution in [3.05, 3.63) is 118 Å². The molecule has 3 heteroatoms. The molecular formula is C25H16Cl2O. The lowest BCUT2D eigenvalue weighted by molar-refractivity contribution is 0.103. The number of halogens is 2. The number of carbonyl (C=O) groups is 1. The van der Waals surface area contributed by atoms with Crippen LogP contribution in [0, 0.1) is 0 Å². The van der Waals surface area contributed by atoms with Gasteiger partial charge in [0.15, 0.2) is 5.78 Å². The van der Waals surface area contributed by atoms with Crippen LogP contribution in [0.2, 0.25) is 10.0 Å². The third kappa shape index (κ3) is 3.73. The van der Waals surface area contributed by atoms with E-state index in [0.717, 1.165) is 22.3 Å². The fourth-order valence-corrected chi connectivity index (χ4v) is 3.76. The van der Waals surface area contributed by atoms with Crippen molar-refractivity contribution in [1.29, 1.82) is 0 Å². The molecule has 0 radical (unpaired) electrons. The van der Waals surface area contributed by atoms with Gasteiger partial charge in [-0.25, -0.2) is 0 Å². The van der Waals surface area contributed by atoms with Crippen LogP contribution in [-0.4, -0.2) is 5.78 Å². The van der Waals surface area contributed by atoms with Crippen LogP contribution in [0.1, 0.15) is 15.9 Å². The molecular weight excluding hydrogens is 387 g/mol. The summed E-state index contributed by atoms with van der Waals surface area (Å²) in [4.78, 5) is 12.9. The van der Waals surface area contributed by atoms with Gasteiger partial charge in [-0.15, -0.1) is 0 Å². The van der Waals surface area contributed by atoms with E-state index in [9.17, 15) is 4.79 Å². The molecule has 0 heterocycles. The number of hydrogen-bond donors (Lipinski definition) is 0. The van der Waals surface area contributed by atoms with Gasteiger partial charge in [0.05, 0.1) is 0 Å². The predicted molar refractivity (Wildman–Crippen MR) is 117 cm³/mol. The van der Waals surface area contributed by atoms with Gasteiger partial charge in [0.1, 0.15) is 0 Å². The van der Waals surface area contributed by atoms with Gasteiger partial charge in [-0.05, 0) is 23.3 Å². The lowest BCUT2D eigenvalue weighted by Crippen LogP contribution is -2.02. The summed E-state index contributed by atoms with van der Waals surface area (Å²) in [5, 5.41) is 1.09. The highest BCUT2D eigenvalue weighted by Gasteiger charge is 2.14. The van der Waals surface area contributed by atoms with Gasteiger partial charge in [-0.1, -0.05) is 108 Å². The smallest absolute Gasteiger partial charge is 0.193 e. The first kappa shape index (κ1) is 18.5. The van der Waals surface area contributed by atoms with E-state index in [1.807, 2.05) is 72.8 Å². The molecule has 4 aromatic rings. The zero-order valence-corrected chi connectivity index (χ0v) is 16.4. The number of benzene rings is 4. The van der Waals surface area contributed by atoms with Gasteiger partial charge in [0.25, 0.3) is 0 Å². The van der Waals surface area contributed by atoms with E-state index >= 15 is 0 Å². The van der Waals surface area contributed by atoms with Crippen molar-refractivity contribution in [2.75, 3.05) is 0 Å². The molecule has 4 aromatic carbocycles. The van der Waals surface area contributed by atoms with Crippen molar-refractivity contribution in [2.45, 2.75) is 0 Å². The van der Waals surface area contributed by atoms with Crippen molar-refractivity contribution in [1.82, 2.24) is 0 Å². The Hall–Kier alpha value is -2.87. The lowest BCUT2D eigenvalue weighted by Gasteiger charge is -2.09. The summed E-state index contributed by atoms with van der Waals surface area (Å²) in [6.45, 7) is 0. The quantitative estimate of drug-likeness (QED) is 0.321. The van der Waals surface area contributed by atoms with E-state index < -0.39 is 0 Å². The van der Waals surface area contributed by atoms with Crippen LogP contribution in [0.4, 0.5) is 0 Å². The Balaban J connectivity index is 1.65. The molecule has 4 rings (SSSR count). The third-order valence-corrected chi connectivity index (χ3v) is 5.26. The number of carbonyl (C=O) groups excluding carboxylic acids is 1. The van der Waals surface area contributed by atoms with E-state index in [1.165, 1.54) is 0 Å². The summed E-state index contributed by atoms with van der Waals surface area (Å²) in [6.07, 6.45) is 0. The largest absolute Gasteiger partial charge is 0.289 e. The summed E-state index contributed by atoms with van der Waals surface area (Å²) < 4.78 is 0. The monoisotopic (exact) mass is 402 g/mol. The minimum Gasteiger partial charge on any atom is -0.289 e. The minimum atomic E-state index is -0.108. The van der Waals surface area contributed by atoms with E-state index in [-0.39, 0.29) is 5.78 Å².